The minimum atomic E-state index is 0.435. The molecule has 3 nitrogen and oxygen atoms in total. The first kappa shape index (κ1) is 14.8. The highest BCUT2D eigenvalue weighted by molar-refractivity contribution is 9.10. The Hall–Kier alpha value is -1.13. The van der Waals surface area contributed by atoms with Crippen LogP contribution in [0.5, 0.6) is 0 Å². The number of anilines is 1. The number of nitrogens with zero attached hydrogens (tertiary/aromatic N) is 2. The highest BCUT2D eigenvalue weighted by atomic mass is 79.9. The predicted octanol–water partition coefficient (Wildman–Crippen LogP) is 3.96. The van der Waals surface area contributed by atoms with Crippen LogP contribution >= 0.6 is 15.9 Å². The Bertz CT molecular complexity index is 620. The standard InChI is InChI=1S/C17H22BrN3/c1-12(2)21(11-13-5-4-9-19-13)17-15-6-3-7-16(18)14(15)8-10-20-17/h3,6-8,10,12-13,19H,4-5,9,11H2,1-2H3. The van der Waals surface area contributed by atoms with Crippen LogP contribution in [0.15, 0.2) is 34.9 Å². The molecule has 1 aromatic heterocycles. The second-order valence-electron chi connectivity index (χ2n) is 6.01. The average Bonchev–Trinajstić information content (AvgIpc) is 2.98. The quantitative estimate of drug-likeness (QED) is 0.906. The summed E-state index contributed by atoms with van der Waals surface area (Å²) < 4.78 is 1.13. The van der Waals surface area contributed by atoms with Gasteiger partial charge < -0.3 is 10.2 Å². The van der Waals surface area contributed by atoms with Crippen LogP contribution in [0, 0.1) is 0 Å². The van der Waals surface area contributed by atoms with Crippen molar-refractivity contribution in [3.63, 3.8) is 0 Å². The van der Waals surface area contributed by atoms with Crippen LogP contribution in [-0.4, -0.2) is 30.2 Å². The van der Waals surface area contributed by atoms with Gasteiger partial charge in [0.1, 0.15) is 5.82 Å². The van der Waals surface area contributed by atoms with E-state index in [9.17, 15) is 0 Å². The predicted molar refractivity (Wildman–Crippen MR) is 92.9 cm³/mol. The lowest BCUT2D eigenvalue weighted by Gasteiger charge is -2.31. The van der Waals surface area contributed by atoms with Gasteiger partial charge in [-0.3, -0.25) is 0 Å². The van der Waals surface area contributed by atoms with Gasteiger partial charge in [0.15, 0.2) is 0 Å². The van der Waals surface area contributed by atoms with Gasteiger partial charge >= 0.3 is 0 Å². The molecule has 1 unspecified atom stereocenters. The smallest absolute Gasteiger partial charge is 0.136 e. The molecule has 21 heavy (non-hydrogen) atoms. The van der Waals surface area contributed by atoms with Gasteiger partial charge in [0.2, 0.25) is 0 Å². The fraction of sp³-hybridized carbons (Fsp3) is 0.471. The zero-order valence-electron chi connectivity index (χ0n) is 12.6. The molecule has 0 amide bonds. The van der Waals surface area contributed by atoms with Crippen molar-refractivity contribution >= 4 is 32.5 Å². The monoisotopic (exact) mass is 347 g/mol. The van der Waals surface area contributed by atoms with E-state index in [1.165, 1.54) is 23.6 Å². The molecule has 4 heteroatoms. The van der Waals surface area contributed by atoms with Crippen molar-refractivity contribution in [2.24, 2.45) is 0 Å². The maximum Gasteiger partial charge on any atom is 0.136 e. The van der Waals surface area contributed by atoms with Crippen molar-refractivity contribution in [2.45, 2.75) is 38.8 Å². The van der Waals surface area contributed by atoms with Crippen LogP contribution in [0.25, 0.3) is 10.8 Å². The third-order valence-electron chi connectivity index (χ3n) is 4.21. The Morgan fingerprint density at radius 3 is 2.90 bits per heavy atom. The van der Waals surface area contributed by atoms with Crippen LogP contribution in [0.2, 0.25) is 0 Å². The van der Waals surface area contributed by atoms with Crippen molar-refractivity contribution in [3.05, 3.63) is 34.9 Å². The molecule has 1 aliphatic heterocycles. The summed E-state index contributed by atoms with van der Waals surface area (Å²) in [7, 11) is 0. The van der Waals surface area contributed by atoms with Gasteiger partial charge in [-0.2, -0.15) is 0 Å². The molecule has 1 atom stereocenters. The molecule has 3 rings (SSSR count). The lowest BCUT2D eigenvalue weighted by molar-refractivity contribution is 0.550. The summed E-state index contributed by atoms with van der Waals surface area (Å²) in [5, 5.41) is 6.04. The molecule has 0 aliphatic carbocycles. The number of benzene rings is 1. The number of hydrogen-bond acceptors (Lipinski definition) is 3. The fourth-order valence-corrected chi connectivity index (χ4v) is 3.57. The lowest BCUT2D eigenvalue weighted by atomic mass is 10.1. The summed E-state index contributed by atoms with van der Waals surface area (Å²) in [6, 6.07) is 9.43. The molecule has 1 N–H and O–H groups in total. The molecule has 1 saturated heterocycles. The van der Waals surface area contributed by atoms with E-state index in [1.54, 1.807) is 0 Å². The van der Waals surface area contributed by atoms with Gasteiger partial charge in [-0.05, 0) is 45.4 Å². The minimum Gasteiger partial charge on any atom is -0.352 e. The topological polar surface area (TPSA) is 28.2 Å². The maximum absolute atomic E-state index is 4.69. The molecule has 112 valence electrons. The molecule has 1 aromatic carbocycles. The Morgan fingerprint density at radius 2 is 2.19 bits per heavy atom. The Kier molecular flexibility index (Phi) is 4.45. The first-order valence-corrected chi connectivity index (χ1v) is 8.49. The highest BCUT2D eigenvalue weighted by Crippen LogP contribution is 2.31. The van der Waals surface area contributed by atoms with Gasteiger partial charge in [-0.1, -0.05) is 28.1 Å². The number of rotatable bonds is 4. The molecule has 1 fully saturated rings. The van der Waals surface area contributed by atoms with Gasteiger partial charge in [-0.15, -0.1) is 0 Å². The number of pyridine rings is 1. The van der Waals surface area contributed by atoms with E-state index in [-0.39, 0.29) is 0 Å². The largest absolute Gasteiger partial charge is 0.352 e. The second-order valence-corrected chi connectivity index (χ2v) is 6.86. The molecule has 0 radical (unpaired) electrons. The van der Waals surface area contributed by atoms with Crippen molar-refractivity contribution in [2.75, 3.05) is 18.0 Å². The van der Waals surface area contributed by atoms with Gasteiger partial charge in [-0.25, -0.2) is 4.98 Å². The van der Waals surface area contributed by atoms with E-state index in [4.69, 9.17) is 0 Å². The van der Waals surface area contributed by atoms with Crippen LogP contribution in [-0.2, 0) is 0 Å². The van der Waals surface area contributed by atoms with Gasteiger partial charge in [0, 0.05) is 40.1 Å². The summed E-state index contributed by atoms with van der Waals surface area (Å²) in [4.78, 5) is 7.12. The van der Waals surface area contributed by atoms with E-state index in [0.717, 1.165) is 23.4 Å². The van der Waals surface area contributed by atoms with Crippen LogP contribution in [0.4, 0.5) is 5.82 Å². The summed E-state index contributed by atoms with van der Waals surface area (Å²) >= 11 is 3.65. The third kappa shape index (κ3) is 3.06. The molecular formula is C17H22BrN3. The van der Waals surface area contributed by atoms with Crippen molar-refractivity contribution < 1.29 is 0 Å². The first-order valence-electron chi connectivity index (χ1n) is 7.70. The van der Waals surface area contributed by atoms with E-state index >= 15 is 0 Å². The molecule has 0 saturated carbocycles. The number of hydrogen-bond donors (Lipinski definition) is 1. The second kappa shape index (κ2) is 6.32. The minimum absolute atomic E-state index is 0.435. The van der Waals surface area contributed by atoms with Crippen LogP contribution in [0.1, 0.15) is 26.7 Å². The van der Waals surface area contributed by atoms with E-state index in [1.807, 2.05) is 6.20 Å². The maximum atomic E-state index is 4.69. The molecular weight excluding hydrogens is 326 g/mol. The van der Waals surface area contributed by atoms with Crippen molar-refractivity contribution in [3.8, 4) is 0 Å². The van der Waals surface area contributed by atoms with Gasteiger partial charge in [0.05, 0.1) is 0 Å². The van der Waals surface area contributed by atoms with E-state index < -0.39 is 0 Å². The molecule has 1 aliphatic rings. The Labute approximate surface area is 134 Å². The fourth-order valence-electron chi connectivity index (χ4n) is 3.07. The first-order chi connectivity index (χ1) is 10.2. The Morgan fingerprint density at radius 1 is 1.33 bits per heavy atom. The number of halogens is 1. The zero-order chi connectivity index (χ0) is 14.8. The molecule has 0 spiro atoms. The number of nitrogens with one attached hydrogen (secondary N) is 1. The summed E-state index contributed by atoms with van der Waals surface area (Å²) in [5.74, 6) is 1.09. The Balaban J connectivity index is 2.00. The SMILES string of the molecule is CC(C)N(CC1CCCN1)c1nccc2c(Br)cccc12. The molecule has 2 aromatic rings. The van der Waals surface area contributed by atoms with Crippen molar-refractivity contribution in [1.29, 1.82) is 0 Å². The number of fused-ring (bicyclic) bond motifs is 1. The highest BCUT2D eigenvalue weighted by Gasteiger charge is 2.22. The van der Waals surface area contributed by atoms with E-state index in [0.29, 0.717) is 12.1 Å². The lowest BCUT2D eigenvalue weighted by Crippen LogP contribution is -2.41. The molecule has 0 bridgehead atoms. The van der Waals surface area contributed by atoms with Crippen molar-refractivity contribution in [1.82, 2.24) is 10.3 Å². The molecule has 2 heterocycles. The van der Waals surface area contributed by atoms with E-state index in [2.05, 4.69) is 69.2 Å². The van der Waals surface area contributed by atoms with Crippen LogP contribution in [0.3, 0.4) is 0 Å². The van der Waals surface area contributed by atoms with Crippen LogP contribution < -0.4 is 10.2 Å². The number of aromatic nitrogens is 1. The summed E-state index contributed by atoms with van der Waals surface area (Å²) in [5.41, 5.74) is 0. The summed E-state index contributed by atoms with van der Waals surface area (Å²) in [6.45, 7) is 6.66. The summed E-state index contributed by atoms with van der Waals surface area (Å²) in [6.07, 6.45) is 4.46. The zero-order valence-corrected chi connectivity index (χ0v) is 14.2. The van der Waals surface area contributed by atoms with Gasteiger partial charge in [0.25, 0.3) is 0 Å². The average molecular weight is 348 g/mol. The third-order valence-corrected chi connectivity index (χ3v) is 4.90. The normalized spacial score (nSPS) is 18.6.